The number of para-hydroxylation sites is 1. The lowest BCUT2D eigenvalue weighted by Crippen LogP contribution is -2.24. The van der Waals surface area contributed by atoms with Crippen molar-refractivity contribution in [2.45, 2.75) is 13.0 Å². The van der Waals surface area contributed by atoms with Gasteiger partial charge in [0, 0.05) is 24.5 Å². The summed E-state index contributed by atoms with van der Waals surface area (Å²) >= 11 is 1.44. The first-order chi connectivity index (χ1) is 18.0. The molecule has 0 spiro atoms. The molecule has 1 atom stereocenters. The highest BCUT2D eigenvalue weighted by molar-refractivity contribution is 7.14. The molecule has 184 valence electrons. The second kappa shape index (κ2) is 10.2. The van der Waals surface area contributed by atoms with Gasteiger partial charge in [0.2, 0.25) is 0 Å². The molecule has 0 aliphatic heterocycles. The maximum Gasteiger partial charge on any atom is 0.263 e. The van der Waals surface area contributed by atoms with E-state index in [1.165, 1.54) is 17.4 Å². The zero-order valence-electron chi connectivity index (χ0n) is 20.2. The van der Waals surface area contributed by atoms with Crippen molar-refractivity contribution in [3.8, 4) is 16.8 Å². The Bertz CT molecular complexity index is 1690. The molecule has 0 fully saturated rings. The fourth-order valence-corrected chi connectivity index (χ4v) is 4.98. The Labute approximate surface area is 216 Å². The van der Waals surface area contributed by atoms with E-state index in [4.69, 9.17) is 4.99 Å². The topological polar surface area (TPSA) is 84.5 Å². The predicted molar refractivity (Wildman–Crippen MR) is 149 cm³/mol. The summed E-state index contributed by atoms with van der Waals surface area (Å²) in [4.78, 5) is 31.5. The molecule has 0 unspecified atom stereocenters. The molecule has 3 heterocycles. The quantitative estimate of drug-likeness (QED) is 0.228. The van der Waals surface area contributed by atoms with Gasteiger partial charge in [-0.2, -0.15) is 0 Å². The van der Waals surface area contributed by atoms with E-state index in [0.29, 0.717) is 44.8 Å². The smallest absolute Gasteiger partial charge is 0.263 e. The van der Waals surface area contributed by atoms with E-state index in [0.717, 1.165) is 11.2 Å². The molecule has 2 aromatic carbocycles. The number of benzene rings is 2. The molecule has 9 heteroatoms. The standard InChI is InChI=1S/C28H23FN6OS/c1-17(34-26(30-2)25-27(31-3)37-16-33-25)23-13-18-8-7-11-22(19-12-20(29)15-32-14-19)24(18)28(36)35(23)21-9-5-4-6-10-21/h4-17,31H,2H2,1,3H3/t17-/m0/s1. The number of thiazole rings is 1. The lowest BCUT2D eigenvalue weighted by molar-refractivity contribution is 0.622. The zero-order valence-corrected chi connectivity index (χ0v) is 21.0. The Morgan fingerprint density at radius 1 is 1.14 bits per heavy atom. The van der Waals surface area contributed by atoms with Gasteiger partial charge in [0.05, 0.1) is 28.8 Å². The zero-order chi connectivity index (χ0) is 25.9. The number of fused-ring (bicyclic) bond motifs is 1. The van der Waals surface area contributed by atoms with Crippen LogP contribution in [0.1, 0.15) is 24.4 Å². The number of aliphatic imine (C=N–C) groups is 2. The van der Waals surface area contributed by atoms with Crippen LogP contribution in [0.15, 0.2) is 93.3 Å². The summed E-state index contributed by atoms with van der Waals surface area (Å²) in [6.07, 6.45) is 2.70. The Kier molecular flexibility index (Phi) is 6.70. The number of halogens is 1. The highest BCUT2D eigenvalue weighted by atomic mass is 32.1. The van der Waals surface area contributed by atoms with E-state index in [2.05, 4.69) is 27.0 Å². The van der Waals surface area contributed by atoms with Gasteiger partial charge in [-0.3, -0.25) is 19.3 Å². The minimum Gasteiger partial charge on any atom is -0.378 e. The summed E-state index contributed by atoms with van der Waals surface area (Å²) in [6.45, 7) is 5.59. The van der Waals surface area contributed by atoms with E-state index in [-0.39, 0.29) is 5.56 Å². The fraction of sp³-hybridized carbons (Fsp3) is 0.107. The first kappa shape index (κ1) is 24.2. The number of hydrogen-bond donors (Lipinski definition) is 1. The predicted octanol–water partition coefficient (Wildman–Crippen LogP) is 5.90. The number of pyridine rings is 2. The van der Waals surface area contributed by atoms with E-state index in [9.17, 15) is 9.18 Å². The molecule has 5 aromatic rings. The third-order valence-corrected chi connectivity index (χ3v) is 6.85. The van der Waals surface area contributed by atoms with Crippen LogP contribution in [0.2, 0.25) is 0 Å². The lowest BCUT2D eigenvalue weighted by atomic mass is 9.99. The van der Waals surface area contributed by atoms with Crippen LogP contribution in [0.5, 0.6) is 0 Å². The van der Waals surface area contributed by atoms with Crippen LogP contribution in [0, 0.1) is 5.82 Å². The summed E-state index contributed by atoms with van der Waals surface area (Å²) in [7, 11) is 1.81. The van der Waals surface area contributed by atoms with Gasteiger partial charge in [-0.25, -0.2) is 14.4 Å². The SMILES string of the molecule is C=NC(=N[C@@H](C)c1cc2cccc(-c3cncc(F)c3)c2c(=O)n1-c1ccccc1)c1ncsc1NC. The van der Waals surface area contributed by atoms with Crippen LogP contribution in [0.25, 0.3) is 27.6 Å². The van der Waals surface area contributed by atoms with Crippen LogP contribution >= 0.6 is 11.3 Å². The number of nitrogens with one attached hydrogen (secondary N) is 1. The normalized spacial score (nSPS) is 12.5. The van der Waals surface area contributed by atoms with Crippen molar-refractivity contribution in [3.63, 3.8) is 0 Å². The molecule has 7 nitrogen and oxygen atoms in total. The number of hydrogen-bond acceptors (Lipinski definition) is 6. The van der Waals surface area contributed by atoms with E-state index < -0.39 is 11.9 Å². The largest absolute Gasteiger partial charge is 0.378 e. The molecule has 3 aromatic heterocycles. The third-order valence-electron chi connectivity index (χ3n) is 6.01. The maximum atomic E-state index is 14.2. The molecular formula is C28H23FN6OS. The molecule has 0 aliphatic rings. The summed E-state index contributed by atoms with van der Waals surface area (Å²) in [5.41, 5.74) is 4.57. The average molecular weight is 511 g/mol. The molecule has 0 saturated heterocycles. The van der Waals surface area contributed by atoms with E-state index in [1.54, 1.807) is 22.3 Å². The second-order valence-electron chi connectivity index (χ2n) is 8.27. The highest BCUT2D eigenvalue weighted by Gasteiger charge is 2.20. The average Bonchev–Trinajstić information content (AvgIpc) is 3.40. The molecule has 0 radical (unpaired) electrons. The van der Waals surface area contributed by atoms with Gasteiger partial charge < -0.3 is 5.32 Å². The fourth-order valence-electron chi connectivity index (χ4n) is 4.34. The van der Waals surface area contributed by atoms with Crippen molar-refractivity contribution in [1.29, 1.82) is 0 Å². The molecule has 5 rings (SSSR count). The van der Waals surface area contributed by atoms with Crippen molar-refractivity contribution in [1.82, 2.24) is 14.5 Å². The van der Waals surface area contributed by atoms with Gasteiger partial charge in [-0.05, 0) is 48.9 Å². The third kappa shape index (κ3) is 4.56. The van der Waals surface area contributed by atoms with Gasteiger partial charge in [0.1, 0.15) is 16.5 Å². The van der Waals surface area contributed by atoms with E-state index in [1.807, 2.05) is 62.5 Å². The van der Waals surface area contributed by atoms with Gasteiger partial charge in [-0.15, -0.1) is 11.3 Å². The minimum atomic E-state index is -0.469. The number of nitrogens with zero attached hydrogens (tertiary/aromatic N) is 5. The van der Waals surface area contributed by atoms with Crippen LogP contribution in [0.3, 0.4) is 0 Å². The first-order valence-corrected chi connectivity index (χ1v) is 12.4. The summed E-state index contributed by atoms with van der Waals surface area (Å²) in [5.74, 6) is -0.0882. The van der Waals surface area contributed by atoms with Gasteiger partial charge in [0.15, 0.2) is 5.84 Å². The van der Waals surface area contributed by atoms with Gasteiger partial charge >= 0.3 is 0 Å². The summed E-state index contributed by atoms with van der Waals surface area (Å²) in [6, 6.07) is 17.7. The summed E-state index contributed by atoms with van der Waals surface area (Å²) in [5, 5.41) is 5.11. The minimum absolute atomic E-state index is 0.238. The van der Waals surface area contributed by atoms with Crippen molar-refractivity contribution in [2.75, 3.05) is 12.4 Å². The molecule has 0 amide bonds. The van der Waals surface area contributed by atoms with Gasteiger partial charge in [0.25, 0.3) is 5.56 Å². The maximum absolute atomic E-state index is 14.2. The molecule has 0 bridgehead atoms. The second-order valence-corrected chi connectivity index (χ2v) is 9.13. The lowest BCUT2D eigenvalue weighted by Gasteiger charge is -2.19. The Morgan fingerprint density at radius 3 is 2.68 bits per heavy atom. The number of aromatic nitrogens is 3. The molecule has 0 aliphatic carbocycles. The van der Waals surface area contributed by atoms with Crippen LogP contribution < -0.4 is 10.9 Å². The monoisotopic (exact) mass is 510 g/mol. The Morgan fingerprint density at radius 2 is 1.95 bits per heavy atom. The van der Waals surface area contributed by atoms with Crippen molar-refractivity contribution in [3.05, 3.63) is 106 Å². The Balaban J connectivity index is 1.77. The van der Waals surface area contributed by atoms with Crippen molar-refractivity contribution >= 4 is 39.7 Å². The van der Waals surface area contributed by atoms with Crippen molar-refractivity contribution < 1.29 is 4.39 Å². The molecular weight excluding hydrogens is 487 g/mol. The molecule has 1 N–H and O–H groups in total. The summed E-state index contributed by atoms with van der Waals surface area (Å²) < 4.78 is 15.7. The number of amidine groups is 1. The molecule has 37 heavy (non-hydrogen) atoms. The number of anilines is 1. The Hall–Kier alpha value is -4.50. The van der Waals surface area contributed by atoms with E-state index >= 15 is 0 Å². The molecule has 0 saturated carbocycles. The van der Waals surface area contributed by atoms with Gasteiger partial charge in [-0.1, -0.05) is 36.4 Å². The van der Waals surface area contributed by atoms with Crippen LogP contribution in [-0.2, 0) is 0 Å². The highest BCUT2D eigenvalue weighted by Crippen LogP contribution is 2.31. The first-order valence-electron chi connectivity index (χ1n) is 11.5. The number of rotatable bonds is 6. The van der Waals surface area contributed by atoms with Crippen LogP contribution in [0.4, 0.5) is 9.39 Å². The van der Waals surface area contributed by atoms with Crippen molar-refractivity contribution in [2.24, 2.45) is 9.98 Å². The van der Waals surface area contributed by atoms with Crippen LogP contribution in [-0.4, -0.2) is 34.1 Å².